The van der Waals surface area contributed by atoms with Crippen LogP contribution in [0.1, 0.15) is 13.3 Å². The Morgan fingerprint density at radius 2 is 1.89 bits per heavy atom. The Balaban J connectivity index is 2.23. The fraction of sp³-hybridized carbons (Fsp3) is 0.231. The van der Waals surface area contributed by atoms with Crippen molar-refractivity contribution < 1.29 is 4.74 Å². The molecular weight excluding hydrogens is 242 g/mol. The first-order valence-corrected chi connectivity index (χ1v) is 6.08. The number of nitrogens with two attached hydrogens (primary N) is 2. The lowest BCUT2D eigenvalue weighted by atomic mass is 10.3. The number of anilines is 4. The second-order valence-electron chi connectivity index (χ2n) is 3.99. The van der Waals surface area contributed by atoms with E-state index in [0.29, 0.717) is 18.4 Å². The molecule has 0 spiro atoms. The molecule has 2 aromatic rings. The minimum Gasteiger partial charge on any atom is -0.476 e. The Labute approximate surface area is 111 Å². The van der Waals surface area contributed by atoms with Crippen LogP contribution in [0.5, 0.6) is 5.88 Å². The molecule has 5 N–H and O–H groups in total. The topological polar surface area (TPSA) is 99.1 Å². The van der Waals surface area contributed by atoms with Crippen LogP contribution in [0.15, 0.2) is 30.3 Å². The fourth-order valence-electron chi connectivity index (χ4n) is 1.48. The van der Waals surface area contributed by atoms with Crippen LogP contribution in [-0.2, 0) is 0 Å². The highest BCUT2D eigenvalue weighted by Gasteiger charge is 2.10. The SMILES string of the molecule is CCCOc1nc(Nc2ccccc2)nc(N)c1N. The maximum Gasteiger partial charge on any atom is 0.244 e. The summed E-state index contributed by atoms with van der Waals surface area (Å²) in [6, 6.07) is 9.57. The zero-order valence-electron chi connectivity index (χ0n) is 10.8. The van der Waals surface area contributed by atoms with E-state index in [-0.39, 0.29) is 11.5 Å². The van der Waals surface area contributed by atoms with E-state index in [2.05, 4.69) is 15.3 Å². The summed E-state index contributed by atoms with van der Waals surface area (Å²) in [6.07, 6.45) is 0.866. The number of ether oxygens (including phenoxy) is 1. The van der Waals surface area contributed by atoms with Gasteiger partial charge in [-0.15, -0.1) is 0 Å². The molecule has 0 atom stereocenters. The molecule has 0 saturated heterocycles. The molecule has 6 heteroatoms. The standard InChI is InChI=1S/C13H17N5O/c1-2-8-19-12-10(14)11(15)17-13(18-12)16-9-6-4-3-5-7-9/h3-7H,2,8,14H2,1H3,(H3,15,16,17,18). The lowest BCUT2D eigenvalue weighted by Crippen LogP contribution is -2.08. The quantitative estimate of drug-likeness (QED) is 0.761. The number of hydrogen-bond acceptors (Lipinski definition) is 6. The lowest BCUT2D eigenvalue weighted by molar-refractivity contribution is 0.307. The third-order valence-corrected chi connectivity index (χ3v) is 2.41. The van der Waals surface area contributed by atoms with Gasteiger partial charge in [-0.05, 0) is 18.6 Å². The van der Waals surface area contributed by atoms with Crippen molar-refractivity contribution in [3.05, 3.63) is 30.3 Å². The Hall–Kier alpha value is -2.50. The summed E-state index contributed by atoms with van der Waals surface area (Å²) >= 11 is 0. The fourth-order valence-corrected chi connectivity index (χ4v) is 1.48. The van der Waals surface area contributed by atoms with Crippen LogP contribution in [0.4, 0.5) is 23.1 Å². The van der Waals surface area contributed by atoms with E-state index in [9.17, 15) is 0 Å². The van der Waals surface area contributed by atoms with Crippen LogP contribution in [0.2, 0.25) is 0 Å². The molecule has 6 nitrogen and oxygen atoms in total. The van der Waals surface area contributed by atoms with Gasteiger partial charge in [-0.2, -0.15) is 9.97 Å². The summed E-state index contributed by atoms with van der Waals surface area (Å²) in [5.74, 6) is 0.885. The molecule has 0 aliphatic heterocycles. The van der Waals surface area contributed by atoms with Gasteiger partial charge >= 0.3 is 0 Å². The molecule has 1 aromatic carbocycles. The Morgan fingerprint density at radius 3 is 2.58 bits per heavy atom. The number of hydrogen-bond donors (Lipinski definition) is 3. The maximum atomic E-state index is 5.78. The third kappa shape index (κ3) is 3.25. The van der Waals surface area contributed by atoms with Crippen LogP contribution in [0.25, 0.3) is 0 Å². The van der Waals surface area contributed by atoms with Gasteiger partial charge in [0.2, 0.25) is 11.8 Å². The van der Waals surface area contributed by atoms with E-state index < -0.39 is 0 Å². The van der Waals surface area contributed by atoms with Crippen molar-refractivity contribution in [2.75, 3.05) is 23.4 Å². The Kier molecular flexibility index (Phi) is 4.02. The van der Waals surface area contributed by atoms with Gasteiger partial charge in [0.15, 0.2) is 5.82 Å². The smallest absolute Gasteiger partial charge is 0.244 e. The molecule has 0 amide bonds. The Bertz CT molecular complexity index is 544. The van der Waals surface area contributed by atoms with Gasteiger partial charge in [-0.3, -0.25) is 0 Å². The number of rotatable bonds is 5. The lowest BCUT2D eigenvalue weighted by Gasteiger charge is -2.11. The van der Waals surface area contributed by atoms with Gasteiger partial charge < -0.3 is 21.5 Å². The van der Waals surface area contributed by atoms with Crippen LogP contribution in [-0.4, -0.2) is 16.6 Å². The number of nitrogen functional groups attached to an aromatic ring is 2. The van der Waals surface area contributed by atoms with Crippen molar-refractivity contribution in [1.82, 2.24) is 9.97 Å². The molecule has 1 heterocycles. The molecule has 0 unspecified atom stereocenters. The number of aromatic nitrogens is 2. The van der Waals surface area contributed by atoms with Gasteiger partial charge in [0.1, 0.15) is 5.69 Å². The second-order valence-corrected chi connectivity index (χ2v) is 3.99. The molecule has 1 aromatic heterocycles. The van der Waals surface area contributed by atoms with Gasteiger partial charge in [0, 0.05) is 5.69 Å². The molecule has 19 heavy (non-hydrogen) atoms. The summed E-state index contributed by atoms with van der Waals surface area (Å²) in [7, 11) is 0. The van der Waals surface area contributed by atoms with Gasteiger partial charge in [-0.1, -0.05) is 25.1 Å². The summed E-state index contributed by atoms with van der Waals surface area (Å²) in [6.45, 7) is 2.54. The second kappa shape index (κ2) is 5.90. The summed E-state index contributed by atoms with van der Waals surface area (Å²) in [4.78, 5) is 8.30. The van der Waals surface area contributed by atoms with Crippen LogP contribution < -0.4 is 21.5 Å². The maximum absolute atomic E-state index is 5.78. The highest BCUT2D eigenvalue weighted by molar-refractivity contribution is 5.67. The van der Waals surface area contributed by atoms with E-state index in [1.807, 2.05) is 37.3 Å². The average molecular weight is 259 g/mol. The van der Waals surface area contributed by atoms with Gasteiger partial charge in [0.25, 0.3) is 0 Å². The summed E-state index contributed by atoms with van der Waals surface area (Å²) < 4.78 is 5.45. The summed E-state index contributed by atoms with van der Waals surface area (Å²) in [5.41, 5.74) is 12.7. The zero-order chi connectivity index (χ0) is 13.7. The molecule has 0 aliphatic carbocycles. The normalized spacial score (nSPS) is 10.2. The Morgan fingerprint density at radius 1 is 1.16 bits per heavy atom. The van der Waals surface area contributed by atoms with Crippen molar-refractivity contribution in [1.29, 1.82) is 0 Å². The number of nitrogens with zero attached hydrogens (tertiary/aromatic N) is 2. The van der Waals surface area contributed by atoms with Gasteiger partial charge in [-0.25, -0.2) is 0 Å². The molecule has 0 fully saturated rings. The first kappa shape index (κ1) is 12.9. The van der Waals surface area contributed by atoms with E-state index in [1.54, 1.807) is 0 Å². The molecule has 100 valence electrons. The first-order chi connectivity index (χ1) is 9.20. The van der Waals surface area contributed by atoms with Crippen molar-refractivity contribution in [2.45, 2.75) is 13.3 Å². The molecular formula is C13H17N5O. The molecule has 0 bridgehead atoms. The minimum atomic E-state index is 0.208. The van der Waals surface area contributed by atoms with E-state index in [0.717, 1.165) is 12.1 Å². The van der Waals surface area contributed by atoms with Crippen LogP contribution in [0, 0.1) is 0 Å². The van der Waals surface area contributed by atoms with Crippen molar-refractivity contribution in [3.63, 3.8) is 0 Å². The molecule has 0 saturated carbocycles. The van der Waals surface area contributed by atoms with Crippen LogP contribution in [0.3, 0.4) is 0 Å². The number of para-hydroxylation sites is 1. The highest BCUT2D eigenvalue weighted by atomic mass is 16.5. The summed E-state index contributed by atoms with van der Waals surface area (Å²) in [5, 5.41) is 3.05. The minimum absolute atomic E-state index is 0.208. The average Bonchev–Trinajstić information content (AvgIpc) is 2.42. The predicted octanol–water partition coefficient (Wildman–Crippen LogP) is 2.17. The monoisotopic (exact) mass is 259 g/mol. The molecule has 0 aliphatic rings. The van der Waals surface area contributed by atoms with Crippen molar-refractivity contribution >= 4 is 23.1 Å². The number of nitrogens with one attached hydrogen (secondary N) is 1. The van der Waals surface area contributed by atoms with Gasteiger partial charge in [0.05, 0.1) is 6.61 Å². The molecule has 0 radical (unpaired) electrons. The van der Waals surface area contributed by atoms with Crippen molar-refractivity contribution in [2.24, 2.45) is 0 Å². The van der Waals surface area contributed by atoms with E-state index >= 15 is 0 Å². The van der Waals surface area contributed by atoms with E-state index in [1.165, 1.54) is 0 Å². The van der Waals surface area contributed by atoms with E-state index in [4.69, 9.17) is 16.2 Å². The number of benzene rings is 1. The molecule has 2 rings (SSSR count). The third-order valence-electron chi connectivity index (χ3n) is 2.41. The largest absolute Gasteiger partial charge is 0.476 e. The van der Waals surface area contributed by atoms with Crippen molar-refractivity contribution in [3.8, 4) is 5.88 Å². The first-order valence-electron chi connectivity index (χ1n) is 6.08. The predicted molar refractivity (Wildman–Crippen MR) is 76.4 cm³/mol. The van der Waals surface area contributed by atoms with Crippen LogP contribution >= 0.6 is 0 Å². The highest BCUT2D eigenvalue weighted by Crippen LogP contribution is 2.26. The zero-order valence-corrected chi connectivity index (χ0v) is 10.8.